The molecule has 7 nitrogen and oxygen atoms in total. The fourth-order valence-electron chi connectivity index (χ4n) is 5.06. The summed E-state index contributed by atoms with van der Waals surface area (Å²) in [5.41, 5.74) is -0.545. The van der Waals surface area contributed by atoms with Crippen LogP contribution in [-0.2, 0) is 6.18 Å². The van der Waals surface area contributed by atoms with Crippen molar-refractivity contribution in [3.05, 3.63) is 41.6 Å². The third kappa shape index (κ3) is 4.72. The van der Waals surface area contributed by atoms with Gasteiger partial charge in [-0.3, -0.25) is 4.98 Å². The number of pyridine rings is 2. The molecule has 2 unspecified atom stereocenters. The lowest BCUT2D eigenvalue weighted by Gasteiger charge is -2.39. The van der Waals surface area contributed by atoms with Crippen LogP contribution in [0.5, 0.6) is 5.75 Å². The van der Waals surface area contributed by atoms with Gasteiger partial charge in [-0.1, -0.05) is 0 Å². The van der Waals surface area contributed by atoms with Gasteiger partial charge in [-0.2, -0.15) is 31.3 Å². The molecule has 3 aromatic rings. The Bertz CT molecular complexity index is 1260. The molecule has 4 heterocycles. The Labute approximate surface area is 200 Å². The molecular weight excluding hydrogens is 497 g/mol. The average molecular weight is 518 g/mol. The molecular formula is C22H21F7N6O. The summed E-state index contributed by atoms with van der Waals surface area (Å²) in [5, 5.41) is 7.00. The van der Waals surface area contributed by atoms with E-state index in [4.69, 9.17) is 4.74 Å². The SMILES string of the molecule is Cc1cc(N2CC3CCC(C2)C3Nc2nc3c(OCC(F)(F)F)ccc(C(F)(F)F)n3n2)c(F)cn1. The lowest BCUT2D eigenvalue weighted by atomic mass is 9.92. The maximum absolute atomic E-state index is 14.4. The lowest BCUT2D eigenvalue weighted by Crippen LogP contribution is -2.48. The Kier molecular flexibility index (Phi) is 5.86. The quantitative estimate of drug-likeness (QED) is 0.487. The van der Waals surface area contributed by atoms with E-state index in [9.17, 15) is 30.7 Å². The van der Waals surface area contributed by atoms with Crippen LogP contribution in [0.2, 0.25) is 0 Å². The molecule has 194 valence electrons. The first-order valence-corrected chi connectivity index (χ1v) is 11.2. The van der Waals surface area contributed by atoms with E-state index in [-0.39, 0.29) is 23.8 Å². The fraction of sp³-hybridized carbons (Fsp3) is 0.500. The maximum Gasteiger partial charge on any atom is 0.433 e. The molecule has 1 N–H and O–H groups in total. The third-order valence-electron chi connectivity index (χ3n) is 6.57. The molecule has 1 aliphatic heterocycles. The smallest absolute Gasteiger partial charge is 0.433 e. The monoisotopic (exact) mass is 518 g/mol. The number of nitrogens with one attached hydrogen (secondary N) is 1. The Morgan fingerprint density at radius 1 is 1.08 bits per heavy atom. The molecule has 0 radical (unpaired) electrons. The molecule has 2 bridgehead atoms. The summed E-state index contributed by atoms with van der Waals surface area (Å²) in [6.45, 7) is 1.10. The maximum atomic E-state index is 14.4. The number of alkyl halides is 6. The average Bonchev–Trinajstić information content (AvgIpc) is 3.29. The summed E-state index contributed by atoms with van der Waals surface area (Å²) in [4.78, 5) is 9.94. The molecule has 14 heteroatoms. The van der Waals surface area contributed by atoms with Crippen molar-refractivity contribution in [3.63, 3.8) is 0 Å². The molecule has 0 spiro atoms. The minimum atomic E-state index is -4.82. The number of nitrogens with zero attached hydrogens (tertiary/aromatic N) is 5. The number of hydrogen-bond acceptors (Lipinski definition) is 6. The van der Waals surface area contributed by atoms with E-state index < -0.39 is 41.9 Å². The number of piperidine rings is 1. The van der Waals surface area contributed by atoms with Gasteiger partial charge in [0.25, 0.3) is 0 Å². The number of ether oxygens (including phenoxy) is 1. The minimum absolute atomic E-state index is 0.0336. The highest BCUT2D eigenvalue weighted by atomic mass is 19.4. The molecule has 0 aromatic carbocycles. The first kappa shape index (κ1) is 24.4. The molecule has 1 saturated carbocycles. The van der Waals surface area contributed by atoms with Gasteiger partial charge < -0.3 is 15.0 Å². The van der Waals surface area contributed by atoms with Crippen molar-refractivity contribution >= 4 is 17.3 Å². The highest BCUT2D eigenvalue weighted by Crippen LogP contribution is 2.41. The van der Waals surface area contributed by atoms with Crippen molar-refractivity contribution in [1.29, 1.82) is 0 Å². The van der Waals surface area contributed by atoms with Crippen LogP contribution in [-0.4, -0.2) is 51.5 Å². The summed E-state index contributed by atoms with van der Waals surface area (Å²) in [6, 6.07) is 2.88. The van der Waals surface area contributed by atoms with Crippen molar-refractivity contribution in [2.24, 2.45) is 11.8 Å². The van der Waals surface area contributed by atoms with Gasteiger partial charge in [-0.15, -0.1) is 5.10 Å². The van der Waals surface area contributed by atoms with Crippen LogP contribution in [0.3, 0.4) is 0 Å². The zero-order valence-corrected chi connectivity index (χ0v) is 18.9. The van der Waals surface area contributed by atoms with Crippen LogP contribution in [0.4, 0.5) is 42.4 Å². The van der Waals surface area contributed by atoms with Gasteiger partial charge in [-0.25, -0.2) is 8.91 Å². The Balaban J connectivity index is 1.41. The summed E-state index contributed by atoms with van der Waals surface area (Å²) in [5.74, 6) is -0.982. The number of aromatic nitrogens is 4. The van der Waals surface area contributed by atoms with Gasteiger partial charge in [0.05, 0.1) is 11.9 Å². The molecule has 2 aliphatic rings. The number of anilines is 2. The first-order chi connectivity index (χ1) is 16.9. The zero-order valence-electron chi connectivity index (χ0n) is 18.9. The van der Waals surface area contributed by atoms with Crippen molar-refractivity contribution in [2.45, 2.75) is 38.2 Å². The van der Waals surface area contributed by atoms with Gasteiger partial charge in [-0.05, 0) is 49.8 Å². The highest BCUT2D eigenvalue weighted by molar-refractivity contribution is 5.57. The third-order valence-corrected chi connectivity index (χ3v) is 6.57. The Morgan fingerprint density at radius 2 is 1.78 bits per heavy atom. The van der Waals surface area contributed by atoms with Crippen LogP contribution in [0.1, 0.15) is 24.2 Å². The van der Waals surface area contributed by atoms with Gasteiger partial charge in [0.15, 0.2) is 23.8 Å². The second kappa shape index (κ2) is 8.66. The summed E-state index contributed by atoms with van der Waals surface area (Å²) in [6.07, 6.45) is -6.70. The van der Waals surface area contributed by atoms with Crippen LogP contribution < -0.4 is 15.0 Å². The van der Waals surface area contributed by atoms with Crippen molar-refractivity contribution in [3.8, 4) is 5.75 Å². The molecule has 3 aromatic heterocycles. The molecule has 2 fully saturated rings. The molecule has 1 saturated heterocycles. The summed E-state index contributed by atoms with van der Waals surface area (Å²) < 4.78 is 98.0. The summed E-state index contributed by atoms with van der Waals surface area (Å²) in [7, 11) is 0. The number of fused-ring (bicyclic) bond motifs is 3. The van der Waals surface area contributed by atoms with Crippen LogP contribution in [0.25, 0.3) is 5.65 Å². The fourth-order valence-corrected chi connectivity index (χ4v) is 5.06. The highest BCUT2D eigenvalue weighted by Gasteiger charge is 2.43. The van der Waals surface area contributed by atoms with Gasteiger partial charge in [0.2, 0.25) is 5.95 Å². The molecule has 0 amide bonds. The topological polar surface area (TPSA) is 67.6 Å². The van der Waals surface area contributed by atoms with E-state index in [2.05, 4.69) is 20.4 Å². The van der Waals surface area contributed by atoms with E-state index in [0.29, 0.717) is 35.1 Å². The molecule has 2 atom stereocenters. The van der Waals surface area contributed by atoms with Crippen LogP contribution in [0.15, 0.2) is 24.4 Å². The second-order valence-electron chi connectivity index (χ2n) is 9.10. The summed E-state index contributed by atoms with van der Waals surface area (Å²) >= 11 is 0. The molecule has 36 heavy (non-hydrogen) atoms. The number of rotatable bonds is 5. The minimum Gasteiger partial charge on any atom is -0.480 e. The Hall–Kier alpha value is -3.32. The van der Waals surface area contributed by atoms with E-state index in [0.717, 1.165) is 18.9 Å². The van der Waals surface area contributed by atoms with E-state index in [1.54, 1.807) is 13.0 Å². The van der Waals surface area contributed by atoms with Crippen LogP contribution in [0, 0.1) is 24.6 Å². The lowest BCUT2D eigenvalue weighted by molar-refractivity contribution is -0.153. The van der Waals surface area contributed by atoms with Gasteiger partial charge in [0, 0.05) is 24.8 Å². The number of hydrogen-bond donors (Lipinski definition) is 1. The van der Waals surface area contributed by atoms with Crippen LogP contribution >= 0.6 is 0 Å². The Morgan fingerprint density at radius 3 is 2.42 bits per heavy atom. The number of aryl methyl sites for hydroxylation is 1. The van der Waals surface area contributed by atoms with E-state index in [1.165, 1.54) is 6.20 Å². The predicted octanol–water partition coefficient (Wildman–Crippen LogP) is 4.86. The van der Waals surface area contributed by atoms with Gasteiger partial charge in [0.1, 0.15) is 5.69 Å². The standard InChI is InChI=1S/C22H21F7N6O/c1-11-6-15(14(23)7-30-11)34-8-12-2-3-13(9-34)18(12)31-20-32-19-16(36-10-21(24,25)26)4-5-17(22(27,28)29)35(19)33-20/h4-7,12-13,18H,2-3,8-10H2,1H3,(H,31,33). The predicted molar refractivity (Wildman–Crippen MR) is 114 cm³/mol. The second-order valence-corrected chi connectivity index (χ2v) is 9.10. The van der Waals surface area contributed by atoms with E-state index in [1.807, 2.05) is 4.90 Å². The molecule has 1 aliphatic carbocycles. The van der Waals surface area contributed by atoms with Gasteiger partial charge >= 0.3 is 12.4 Å². The van der Waals surface area contributed by atoms with Crippen molar-refractivity contribution < 1.29 is 35.5 Å². The zero-order chi connectivity index (χ0) is 25.8. The van der Waals surface area contributed by atoms with Crippen molar-refractivity contribution in [1.82, 2.24) is 19.6 Å². The molecule has 5 rings (SSSR count). The largest absolute Gasteiger partial charge is 0.480 e. The number of halogens is 7. The normalized spacial score (nSPS) is 22.3. The van der Waals surface area contributed by atoms with Crippen molar-refractivity contribution in [2.75, 3.05) is 29.9 Å². The first-order valence-electron chi connectivity index (χ1n) is 11.2. The van der Waals surface area contributed by atoms with E-state index >= 15 is 0 Å².